The summed E-state index contributed by atoms with van der Waals surface area (Å²) in [5.41, 5.74) is 9.71. The highest BCUT2D eigenvalue weighted by molar-refractivity contribution is 6.40. The summed E-state index contributed by atoms with van der Waals surface area (Å²) < 4.78 is 0. The lowest BCUT2D eigenvalue weighted by atomic mass is 9.75. The van der Waals surface area contributed by atoms with Crippen LogP contribution in [0.3, 0.4) is 0 Å². The Labute approximate surface area is 147 Å². The number of aliphatic hydroxyl groups excluding tert-OH is 1. The summed E-state index contributed by atoms with van der Waals surface area (Å²) in [6.07, 6.45) is 0.518. The molecule has 0 aromatic rings. The van der Waals surface area contributed by atoms with Crippen molar-refractivity contribution in [1.82, 2.24) is 4.90 Å². The Kier molecular flexibility index (Phi) is 11.0. The Balaban J connectivity index is 0. The first kappa shape index (κ1) is 24.6. The molecule has 9 nitrogen and oxygen atoms in total. The van der Waals surface area contributed by atoms with Crippen LogP contribution in [-0.2, 0) is 9.59 Å². The van der Waals surface area contributed by atoms with Gasteiger partial charge in [0.25, 0.3) is 0 Å². The van der Waals surface area contributed by atoms with Crippen LogP contribution in [-0.4, -0.2) is 75.4 Å². The molecule has 0 aliphatic carbocycles. The molecule has 1 amide bonds. The van der Waals surface area contributed by atoms with Gasteiger partial charge in [-0.2, -0.15) is 0 Å². The summed E-state index contributed by atoms with van der Waals surface area (Å²) in [5, 5.41) is 36.0. The number of nitrogens with two attached hydrogens (primary N) is 2. The number of carboxylic acid groups (broad SMARTS) is 1. The van der Waals surface area contributed by atoms with Gasteiger partial charge in [0.05, 0.1) is 6.61 Å². The topological polar surface area (TPSA) is 170 Å². The van der Waals surface area contributed by atoms with Crippen molar-refractivity contribution in [3.05, 3.63) is 0 Å². The summed E-state index contributed by atoms with van der Waals surface area (Å²) in [6, 6.07) is -1.12. The maximum atomic E-state index is 12.0. The zero-order chi connectivity index (χ0) is 16.2. The maximum Gasteiger partial charge on any atom is 0.451 e. The molecule has 0 spiro atoms. The number of amides is 1. The van der Waals surface area contributed by atoms with Crippen molar-refractivity contribution < 1.29 is 29.9 Å². The van der Waals surface area contributed by atoms with E-state index in [4.69, 9.17) is 26.6 Å². The van der Waals surface area contributed by atoms with Crippen LogP contribution in [0, 0.1) is 5.92 Å². The van der Waals surface area contributed by atoms with Gasteiger partial charge in [-0.3, -0.25) is 9.59 Å². The summed E-state index contributed by atoms with van der Waals surface area (Å²) in [4.78, 5) is 24.6. The van der Waals surface area contributed by atoms with Crippen molar-refractivity contribution in [1.29, 1.82) is 0 Å². The van der Waals surface area contributed by atoms with Gasteiger partial charge in [-0.25, -0.2) is 0 Å². The molecule has 136 valence electrons. The van der Waals surface area contributed by atoms with E-state index in [2.05, 4.69) is 0 Å². The molecule has 12 heteroatoms. The molecule has 1 fully saturated rings. The van der Waals surface area contributed by atoms with Gasteiger partial charge in [0.1, 0.15) is 11.6 Å². The number of nitrogens with zero attached hydrogens (tertiary/aromatic N) is 1. The van der Waals surface area contributed by atoms with E-state index < -0.39 is 37.2 Å². The zero-order valence-corrected chi connectivity index (χ0v) is 14.1. The molecule has 0 saturated carbocycles. The third kappa shape index (κ3) is 6.80. The number of carbonyl (C=O) groups excluding carboxylic acids is 1. The summed E-state index contributed by atoms with van der Waals surface area (Å²) in [5.74, 6) is -2.08. The Morgan fingerprint density at radius 3 is 2.35 bits per heavy atom. The fourth-order valence-corrected chi connectivity index (χ4v) is 2.57. The van der Waals surface area contributed by atoms with Gasteiger partial charge in [-0.05, 0) is 18.7 Å². The number of halogens is 2. The second-order valence-corrected chi connectivity index (χ2v) is 5.60. The van der Waals surface area contributed by atoms with Crippen molar-refractivity contribution >= 4 is 43.8 Å². The van der Waals surface area contributed by atoms with E-state index in [0.29, 0.717) is 6.42 Å². The van der Waals surface area contributed by atoms with Gasteiger partial charge in [0, 0.05) is 13.1 Å². The average Bonchev–Trinajstić information content (AvgIpc) is 2.42. The molecule has 23 heavy (non-hydrogen) atoms. The second kappa shape index (κ2) is 10.3. The number of rotatable bonds is 6. The average molecular weight is 376 g/mol. The van der Waals surface area contributed by atoms with Crippen LogP contribution in [0.5, 0.6) is 0 Å². The molecule has 0 aromatic heterocycles. The molecule has 8 N–H and O–H groups in total. The number of hydrogen-bond acceptors (Lipinski definition) is 7. The van der Waals surface area contributed by atoms with E-state index in [1.165, 1.54) is 4.90 Å². The zero-order valence-electron chi connectivity index (χ0n) is 12.5. The standard InChI is InChI=1S/C11H22BN3O6.2ClH/c13-8(5-16)9(17)15-4-7(1-2-12(20)21)3-11(14,6-15)10(18)19;;/h7-8,16,20-21H,1-6,13-14H2,(H,18,19);2*1H/t7-,8?,11+;;/m0../s1. The smallest absolute Gasteiger partial charge is 0.451 e. The van der Waals surface area contributed by atoms with E-state index in [-0.39, 0.29) is 56.6 Å². The second-order valence-electron chi connectivity index (χ2n) is 5.60. The van der Waals surface area contributed by atoms with Crippen LogP contribution in [0.1, 0.15) is 12.8 Å². The molecular formula is C11H24BCl2N3O6. The molecule has 0 radical (unpaired) electrons. The number of hydrogen-bond donors (Lipinski definition) is 6. The van der Waals surface area contributed by atoms with E-state index in [9.17, 15) is 14.7 Å². The van der Waals surface area contributed by atoms with Gasteiger partial charge in [-0.15, -0.1) is 24.8 Å². The third-order valence-corrected chi connectivity index (χ3v) is 3.69. The lowest BCUT2D eigenvalue weighted by Gasteiger charge is -2.42. The highest BCUT2D eigenvalue weighted by atomic mass is 35.5. The molecule has 1 heterocycles. The first-order valence-electron chi connectivity index (χ1n) is 6.73. The van der Waals surface area contributed by atoms with Crippen LogP contribution >= 0.6 is 24.8 Å². The van der Waals surface area contributed by atoms with Crippen LogP contribution in [0.25, 0.3) is 0 Å². The molecule has 1 unspecified atom stereocenters. The lowest BCUT2D eigenvalue weighted by Crippen LogP contribution is -2.64. The largest absolute Gasteiger partial charge is 0.480 e. The Morgan fingerprint density at radius 2 is 1.91 bits per heavy atom. The quantitative estimate of drug-likeness (QED) is 0.280. The minimum Gasteiger partial charge on any atom is -0.480 e. The van der Waals surface area contributed by atoms with E-state index in [0.717, 1.165) is 0 Å². The van der Waals surface area contributed by atoms with Crippen molar-refractivity contribution in [3.8, 4) is 0 Å². The fourth-order valence-electron chi connectivity index (χ4n) is 2.57. The van der Waals surface area contributed by atoms with Gasteiger partial charge >= 0.3 is 13.1 Å². The predicted molar refractivity (Wildman–Crippen MR) is 88.4 cm³/mol. The first-order valence-corrected chi connectivity index (χ1v) is 6.73. The number of carboxylic acids is 1. The number of carbonyl (C=O) groups is 2. The molecule has 0 bridgehead atoms. The Bertz CT molecular complexity index is 406. The van der Waals surface area contributed by atoms with E-state index in [1.807, 2.05) is 0 Å². The van der Waals surface area contributed by atoms with Crippen molar-refractivity contribution in [2.45, 2.75) is 30.7 Å². The van der Waals surface area contributed by atoms with Crippen molar-refractivity contribution in [2.75, 3.05) is 19.7 Å². The Hall–Kier alpha value is -0.615. The van der Waals surface area contributed by atoms with Crippen LogP contribution in [0.15, 0.2) is 0 Å². The van der Waals surface area contributed by atoms with Gasteiger partial charge in [0.2, 0.25) is 5.91 Å². The third-order valence-electron chi connectivity index (χ3n) is 3.69. The Morgan fingerprint density at radius 1 is 1.35 bits per heavy atom. The van der Waals surface area contributed by atoms with Crippen LogP contribution in [0.4, 0.5) is 0 Å². The van der Waals surface area contributed by atoms with Crippen LogP contribution in [0.2, 0.25) is 6.32 Å². The van der Waals surface area contributed by atoms with Crippen molar-refractivity contribution in [2.24, 2.45) is 17.4 Å². The SMILES string of the molecule is Cl.Cl.NC(CO)C(=O)N1C[C@@H](CCB(O)O)C[C@](N)(C(=O)O)C1. The molecule has 3 atom stereocenters. The number of piperidine rings is 1. The fraction of sp³-hybridized carbons (Fsp3) is 0.818. The van der Waals surface area contributed by atoms with Crippen molar-refractivity contribution in [3.63, 3.8) is 0 Å². The summed E-state index contributed by atoms with van der Waals surface area (Å²) >= 11 is 0. The number of aliphatic hydroxyl groups is 1. The number of aliphatic carboxylic acids is 1. The normalized spacial score (nSPS) is 24.9. The molecule has 0 aromatic carbocycles. The molecular weight excluding hydrogens is 352 g/mol. The molecule has 1 aliphatic heterocycles. The van der Waals surface area contributed by atoms with E-state index >= 15 is 0 Å². The molecule has 1 rings (SSSR count). The summed E-state index contributed by atoms with van der Waals surface area (Å²) in [6.45, 7) is -0.501. The summed E-state index contributed by atoms with van der Waals surface area (Å²) in [7, 11) is -1.49. The van der Waals surface area contributed by atoms with Gasteiger partial charge in [0.15, 0.2) is 0 Å². The lowest BCUT2D eigenvalue weighted by molar-refractivity contribution is -0.149. The monoisotopic (exact) mass is 375 g/mol. The van der Waals surface area contributed by atoms with Gasteiger partial charge in [-0.1, -0.05) is 6.42 Å². The van der Waals surface area contributed by atoms with E-state index in [1.54, 1.807) is 0 Å². The van der Waals surface area contributed by atoms with Crippen LogP contribution < -0.4 is 11.5 Å². The van der Waals surface area contributed by atoms with Gasteiger partial charge < -0.3 is 36.6 Å². The molecule has 1 saturated heterocycles. The maximum absolute atomic E-state index is 12.0. The molecule has 1 aliphatic rings. The minimum atomic E-state index is -1.60. The number of likely N-dealkylation sites (tertiary alicyclic amines) is 1. The first-order chi connectivity index (χ1) is 9.69. The highest BCUT2D eigenvalue weighted by Crippen LogP contribution is 2.28. The minimum absolute atomic E-state index is 0. The highest BCUT2D eigenvalue weighted by Gasteiger charge is 2.44. The predicted octanol–water partition coefficient (Wildman–Crippen LogP) is -2.36.